The Morgan fingerprint density at radius 2 is 1.79 bits per heavy atom. The van der Waals surface area contributed by atoms with Gasteiger partial charge in [0.1, 0.15) is 16.0 Å². The summed E-state index contributed by atoms with van der Waals surface area (Å²) >= 11 is 1.41. The van der Waals surface area contributed by atoms with Gasteiger partial charge in [0.05, 0.1) is 5.69 Å². The second-order valence-electron chi connectivity index (χ2n) is 5.84. The van der Waals surface area contributed by atoms with E-state index in [2.05, 4.69) is 4.98 Å². The average molecular weight is 347 g/mol. The van der Waals surface area contributed by atoms with Gasteiger partial charge in [0.25, 0.3) is 5.91 Å². The maximum absolute atomic E-state index is 12.8. The third-order valence-electron chi connectivity index (χ3n) is 3.83. The summed E-state index contributed by atoms with van der Waals surface area (Å²) in [6, 6.07) is 7.91. The van der Waals surface area contributed by atoms with Gasteiger partial charge in [0.2, 0.25) is 0 Å². The molecule has 0 aliphatic rings. The minimum absolute atomic E-state index is 0.0439. The quantitative estimate of drug-likeness (QED) is 0.795. The topological polar surface area (TPSA) is 45.7 Å². The van der Waals surface area contributed by atoms with Crippen molar-refractivity contribution in [1.29, 1.82) is 0 Å². The molecule has 1 unspecified atom stereocenters. The van der Waals surface area contributed by atoms with Crippen LogP contribution in [-0.2, 0) is 4.74 Å². The number of benzene rings is 1. The number of ether oxygens (including phenoxy) is 1. The molecule has 0 fully saturated rings. The molecule has 130 valence electrons. The Balaban J connectivity index is 2.21. The van der Waals surface area contributed by atoms with Crippen LogP contribution in [0.2, 0.25) is 0 Å². The van der Waals surface area contributed by atoms with Gasteiger partial charge in [0, 0.05) is 39.1 Å². The zero-order valence-electron chi connectivity index (χ0n) is 15.2. The predicted octanol–water partition coefficient (Wildman–Crippen LogP) is 3.89. The molecular weight excluding hydrogens is 322 g/mol. The molecule has 1 amide bonds. The summed E-state index contributed by atoms with van der Waals surface area (Å²) in [4.78, 5) is 21.7. The monoisotopic (exact) mass is 347 g/mol. The van der Waals surface area contributed by atoms with Gasteiger partial charge in [-0.1, -0.05) is 0 Å². The van der Waals surface area contributed by atoms with Crippen LogP contribution in [0.15, 0.2) is 24.3 Å². The molecule has 1 aromatic heterocycles. The number of amides is 1. The SMILES string of the molecule is CCOC(C)c1nc(C)c(C(=O)N(C)c2ccc(N(C)C)cc2)s1. The van der Waals surface area contributed by atoms with Gasteiger partial charge in [-0.3, -0.25) is 4.79 Å². The molecule has 1 atom stereocenters. The second-order valence-corrected chi connectivity index (χ2v) is 6.87. The van der Waals surface area contributed by atoms with E-state index >= 15 is 0 Å². The van der Waals surface area contributed by atoms with Gasteiger partial charge < -0.3 is 14.5 Å². The van der Waals surface area contributed by atoms with Gasteiger partial charge >= 0.3 is 0 Å². The van der Waals surface area contributed by atoms with E-state index in [-0.39, 0.29) is 12.0 Å². The lowest BCUT2D eigenvalue weighted by Crippen LogP contribution is -2.26. The van der Waals surface area contributed by atoms with Crippen LogP contribution >= 0.6 is 11.3 Å². The normalized spacial score (nSPS) is 12.1. The van der Waals surface area contributed by atoms with Crippen molar-refractivity contribution in [1.82, 2.24) is 4.98 Å². The summed E-state index contributed by atoms with van der Waals surface area (Å²) in [6.07, 6.45) is -0.0927. The number of rotatable bonds is 6. The Hall–Kier alpha value is -1.92. The number of hydrogen-bond donors (Lipinski definition) is 0. The zero-order chi connectivity index (χ0) is 17.9. The number of anilines is 2. The van der Waals surface area contributed by atoms with E-state index < -0.39 is 0 Å². The molecule has 0 aliphatic carbocycles. The highest BCUT2D eigenvalue weighted by Crippen LogP contribution is 2.28. The Bertz CT molecular complexity index is 695. The van der Waals surface area contributed by atoms with Crippen molar-refractivity contribution in [3.8, 4) is 0 Å². The van der Waals surface area contributed by atoms with E-state index in [1.807, 2.05) is 64.0 Å². The maximum Gasteiger partial charge on any atom is 0.270 e. The first-order chi connectivity index (χ1) is 11.3. The Morgan fingerprint density at radius 1 is 1.21 bits per heavy atom. The van der Waals surface area contributed by atoms with E-state index in [9.17, 15) is 4.79 Å². The first-order valence-corrected chi connectivity index (χ1v) is 8.81. The molecule has 0 saturated carbocycles. The molecule has 0 radical (unpaired) electrons. The first kappa shape index (κ1) is 18.4. The summed E-state index contributed by atoms with van der Waals surface area (Å²) in [5.41, 5.74) is 2.71. The van der Waals surface area contributed by atoms with Gasteiger partial charge in [-0.15, -0.1) is 11.3 Å². The summed E-state index contributed by atoms with van der Waals surface area (Å²) in [5.74, 6) is -0.0439. The van der Waals surface area contributed by atoms with Crippen LogP contribution in [-0.4, -0.2) is 38.6 Å². The molecule has 2 aromatic rings. The van der Waals surface area contributed by atoms with Gasteiger partial charge in [0.15, 0.2) is 0 Å². The third-order valence-corrected chi connectivity index (χ3v) is 5.14. The largest absolute Gasteiger partial charge is 0.378 e. The van der Waals surface area contributed by atoms with Gasteiger partial charge in [-0.05, 0) is 45.0 Å². The summed E-state index contributed by atoms with van der Waals surface area (Å²) in [5, 5.41) is 0.842. The number of aryl methyl sites for hydroxylation is 1. The molecule has 24 heavy (non-hydrogen) atoms. The number of carbonyl (C=O) groups is 1. The minimum Gasteiger partial charge on any atom is -0.378 e. The smallest absolute Gasteiger partial charge is 0.270 e. The molecule has 0 saturated heterocycles. The zero-order valence-corrected chi connectivity index (χ0v) is 16.0. The molecule has 2 rings (SSSR count). The highest BCUT2D eigenvalue weighted by molar-refractivity contribution is 7.14. The van der Waals surface area contributed by atoms with Crippen LogP contribution < -0.4 is 9.80 Å². The maximum atomic E-state index is 12.8. The lowest BCUT2D eigenvalue weighted by Gasteiger charge is -2.18. The summed E-state index contributed by atoms with van der Waals surface area (Å²) in [6.45, 7) is 6.41. The van der Waals surface area contributed by atoms with Crippen LogP contribution in [0.3, 0.4) is 0 Å². The molecule has 0 spiro atoms. The van der Waals surface area contributed by atoms with Gasteiger partial charge in [-0.2, -0.15) is 0 Å². The second kappa shape index (κ2) is 7.77. The predicted molar refractivity (Wildman–Crippen MR) is 100 cm³/mol. The molecule has 1 aromatic carbocycles. The molecule has 0 bridgehead atoms. The van der Waals surface area contributed by atoms with E-state index in [1.54, 1.807) is 11.9 Å². The standard InChI is InChI=1S/C18H25N3O2S/c1-7-23-13(3)17-19-12(2)16(24-17)18(22)21(6)15-10-8-14(9-11-15)20(4)5/h8-11,13H,7H2,1-6H3. The molecule has 0 N–H and O–H groups in total. The fourth-order valence-corrected chi connectivity index (χ4v) is 3.40. The van der Waals surface area contributed by atoms with Crippen molar-refractivity contribution >= 4 is 28.6 Å². The van der Waals surface area contributed by atoms with Crippen LogP contribution in [0.1, 0.15) is 40.3 Å². The Labute approximate surface area is 147 Å². The Kier molecular flexibility index (Phi) is 5.96. The van der Waals surface area contributed by atoms with Crippen LogP contribution in [0.25, 0.3) is 0 Å². The van der Waals surface area contributed by atoms with Gasteiger partial charge in [-0.25, -0.2) is 4.98 Å². The summed E-state index contributed by atoms with van der Waals surface area (Å²) < 4.78 is 5.58. The lowest BCUT2D eigenvalue weighted by molar-refractivity contribution is 0.0761. The van der Waals surface area contributed by atoms with Crippen LogP contribution in [0, 0.1) is 6.92 Å². The fourth-order valence-electron chi connectivity index (χ4n) is 2.35. The number of hydrogen-bond acceptors (Lipinski definition) is 5. The minimum atomic E-state index is -0.0927. The highest BCUT2D eigenvalue weighted by atomic mass is 32.1. The molecule has 5 nitrogen and oxygen atoms in total. The van der Waals surface area contributed by atoms with Crippen molar-refractivity contribution in [3.05, 3.63) is 39.8 Å². The third kappa shape index (κ3) is 3.94. The van der Waals surface area contributed by atoms with Crippen molar-refractivity contribution in [2.24, 2.45) is 0 Å². The highest BCUT2D eigenvalue weighted by Gasteiger charge is 2.22. The fraction of sp³-hybridized carbons (Fsp3) is 0.444. The van der Waals surface area contributed by atoms with Crippen molar-refractivity contribution in [2.75, 3.05) is 37.5 Å². The molecular formula is C18H25N3O2S. The van der Waals surface area contributed by atoms with E-state index in [1.165, 1.54) is 11.3 Å². The first-order valence-electron chi connectivity index (χ1n) is 7.99. The van der Waals surface area contributed by atoms with E-state index in [0.717, 1.165) is 22.1 Å². The number of thiazole rings is 1. The Morgan fingerprint density at radius 3 is 2.33 bits per heavy atom. The summed E-state index contributed by atoms with van der Waals surface area (Å²) in [7, 11) is 5.77. The number of nitrogens with zero attached hydrogens (tertiary/aromatic N) is 3. The number of aromatic nitrogens is 1. The van der Waals surface area contributed by atoms with Crippen molar-refractivity contribution in [3.63, 3.8) is 0 Å². The van der Waals surface area contributed by atoms with E-state index in [0.29, 0.717) is 11.5 Å². The van der Waals surface area contributed by atoms with Crippen molar-refractivity contribution < 1.29 is 9.53 Å². The van der Waals surface area contributed by atoms with E-state index in [4.69, 9.17) is 4.74 Å². The number of carbonyl (C=O) groups excluding carboxylic acids is 1. The molecule has 1 heterocycles. The molecule has 6 heteroatoms. The van der Waals surface area contributed by atoms with Crippen molar-refractivity contribution in [2.45, 2.75) is 26.9 Å². The van der Waals surface area contributed by atoms with Crippen LogP contribution in [0.4, 0.5) is 11.4 Å². The lowest BCUT2D eigenvalue weighted by atomic mass is 10.2. The average Bonchev–Trinajstić information content (AvgIpc) is 2.95. The van der Waals surface area contributed by atoms with Crippen LogP contribution in [0.5, 0.6) is 0 Å². The molecule has 0 aliphatic heterocycles.